The van der Waals surface area contributed by atoms with Crippen LogP contribution in [0.3, 0.4) is 0 Å². The van der Waals surface area contributed by atoms with Gasteiger partial charge in [0, 0.05) is 24.7 Å². The van der Waals surface area contributed by atoms with Gasteiger partial charge in [0.05, 0.1) is 6.54 Å². The van der Waals surface area contributed by atoms with E-state index in [4.69, 9.17) is 10.2 Å². The molecule has 0 unspecified atom stereocenters. The molecule has 0 saturated carbocycles. The van der Waals surface area contributed by atoms with Crippen LogP contribution in [0, 0.1) is 0 Å². The number of hydrogen-bond acceptors (Lipinski definition) is 4. The molecule has 2 heterocycles. The van der Waals surface area contributed by atoms with Gasteiger partial charge in [0.25, 0.3) is 0 Å². The van der Waals surface area contributed by atoms with Crippen molar-refractivity contribution in [3.63, 3.8) is 0 Å². The van der Waals surface area contributed by atoms with Crippen molar-refractivity contribution in [3.05, 3.63) is 24.1 Å². The molecule has 0 radical (unpaired) electrons. The van der Waals surface area contributed by atoms with Crippen LogP contribution in [-0.2, 0) is 11.3 Å². The number of piperidine rings is 1. The van der Waals surface area contributed by atoms with E-state index < -0.39 is 0 Å². The van der Waals surface area contributed by atoms with Crippen molar-refractivity contribution in [2.24, 2.45) is 0 Å². The Labute approximate surface area is 105 Å². The summed E-state index contributed by atoms with van der Waals surface area (Å²) in [5, 5.41) is 0. The number of anilines is 1. The second-order valence-corrected chi connectivity index (χ2v) is 4.61. The lowest BCUT2D eigenvalue weighted by atomic mass is 10.1. The molecule has 1 aliphatic rings. The Morgan fingerprint density at radius 2 is 2.28 bits per heavy atom. The number of nitrogen functional groups attached to an aromatic ring is 1. The Balaban J connectivity index is 1.84. The number of nitrogens with two attached hydrogens (primary N) is 1. The van der Waals surface area contributed by atoms with E-state index in [1.165, 1.54) is 0 Å². The van der Waals surface area contributed by atoms with Gasteiger partial charge in [0.1, 0.15) is 5.52 Å². The standard InChI is InChI=1S/C13H15N3O2/c14-9-4-5-10-11(7-9)18-12(15-10)8-16-6-2-1-3-13(16)17/h4-5,7H,1-3,6,8,14H2. The fourth-order valence-corrected chi connectivity index (χ4v) is 2.25. The van der Waals surface area contributed by atoms with Gasteiger partial charge in [0.2, 0.25) is 11.8 Å². The van der Waals surface area contributed by atoms with Crippen molar-refractivity contribution in [3.8, 4) is 0 Å². The lowest BCUT2D eigenvalue weighted by Crippen LogP contribution is -2.34. The first-order chi connectivity index (χ1) is 8.72. The summed E-state index contributed by atoms with van der Waals surface area (Å²) in [7, 11) is 0. The fraction of sp³-hybridized carbons (Fsp3) is 0.385. The third kappa shape index (κ3) is 2.03. The number of oxazole rings is 1. The zero-order chi connectivity index (χ0) is 12.5. The predicted molar refractivity (Wildman–Crippen MR) is 67.7 cm³/mol. The average molecular weight is 245 g/mol. The molecule has 0 atom stereocenters. The van der Waals surface area contributed by atoms with Gasteiger partial charge in [-0.3, -0.25) is 4.79 Å². The number of carbonyl (C=O) groups excluding carboxylic acids is 1. The van der Waals surface area contributed by atoms with E-state index in [1.807, 2.05) is 6.07 Å². The highest BCUT2D eigenvalue weighted by Crippen LogP contribution is 2.20. The molecule has 1 amide bonds. The summed E-state index contributed by atoms with van der Waals surface area (Å²) in [5.41, 5.74) is 7.80. The first-order valence-electron chi connectivity index (χ1n) is 6.15. The summed E-state index contributed by atoms with van der Waals surface area (Å²) < 4.78 is 5.61. The van der Waals surface area contributed by atoms with Gasteiger partial charge in [0.15, 0.2) is 5.58 Å². The molecule has 0 spiro atoms. The number of aromatic nitrogens is 1. The molecule has 5 heteroatoms. The van der Waals surface area contributed by atoms with Crippen molar-refractivity contribution in [1.29, 1.82) is 0 Å². The maximum atomic E-state index is 11.7. The molecule has 2 N–H and O–H groups in total. The molecule has 0 bridgehead atoms. The van der Waals surface area contributed by atoms with Crippen LogP contribution in [-0.4, -0.2) is 22.3 Å². The van der Waals surface area contributed by atoms with Crippen LogP contribution in [0.2, 0.25) is 0 Å². The van der Waals surface area contributed by atoms with Gasteiger partial charge in [-0.05, 0) is 25.0 Å². The molecule has 1 fully saturated rings. The number of rotatable bonds is 2. The number of likely N-dealkylation sites (tertiary alicyclic amines) is 1. The van der Waals surface area contributed by atoms with Crippen molar-refractivity contribution < 1.29 is 9.21 Å². The van der Waals surface area contributed by atoms with Crippen molar-refractivity contribution >= 4 is 22.7 Å². The van der Waals surface area contributed by atoms with Gasteiger partial charge < -0.3 is 15.1 Å². The summed E-state index contributed by atoms with van der Waals surface area (Å²) >= 11 is 0. The van der Waals surface area contributed by atoms with E-state index in [0.717, 1.165) is 24.9 Å². The summed E-state index contributed by atoms with van der Waals surface area (Å²) in [6.45, 7) is 1.24. The van der Waals surface area contributed by atoms with E-state index in [-0.39, 0.29) is 5.91 Å². The molecule has 1 aromatic carbocycles. The van der Waals surface area contributed by atoms with Crippen molar-refractivity contribution in [2.45, 2.75) is 25.8 Å². The van der Waals surface area contributed by atoms with Crippen LogP contribution >= 0.6 is 0 Å². The highest BCUT2D eigenvalue weighted by Gasteiger charge is 2.20. The predicted octanol–water partition coefficient (Wildman–Crippen LogP) is 1.92. The molecule has 94 valence electrons. The maximum Gasteiger partial charge on any atom is 0.223 e. The largest absolute Gasteiger partial charge is 0.439 e. The zero-order valence-corrected chi connectivity index (χ0v) is 10.1. The molecular formula is C13H15N3O2. The second-order valence-electron chi connectivity index (χ2n) is 4.61. The number of nitrogens with zero attached hydrogens (tertiary/aromatic N) is 2. The van der Waals surface area contributed by atoms with E-state index in [9.17, 15) is 4.79 Å². The quantitative estimate of drug-likeness (QED) is 0.820. The van der Waals surface area contributed by atoms with Crippen LogP contribution in [0.15, 0.2) is 22.6 Å². The minimum atomic E-state index is 0.183. The highest BCUT2D eigenvalue weighted by molar-refractivity contribution is 5.78. The Bertz CT molecular complexity index is 591. The molecule has 1 aromatic heterocycles. The van der Waals surface area contributed by atoms with Crippen molar-refractivity contribution in [2.75, 3.05) is 12.3 Å². The number of amides is 1. The van der Waals surface area contributed by atoms with Crippen LogP contribution in [0.25, 0.3) is 11.1 Å². The molecule has 1 aliphatic heterocycles. The van der Waals surface area contributed by atoms with Crippen LogP contribution in [0.4, 0.5) is 5.69 Å². The average Bonchev–Trinajstić information content (AvgIpc) is 2.73. The van der Waals surface area contributed by atoms with Gasteiger partial charge in [-0.2, -0.15) is 0 Å². The normalized spacial score (nSPS) is 16.4. The third-order valence-corrected chi connectivity index (χ3v) is 3.20. The van der Waals surface area contributed by atoms with Crippen LogP contribution < -0.4 is 5.73 Å². The van der Waals surface area contributed by atoms with Crippen molar-refractivity contribution in [1.82, 2.24) is 9.88 Å². The Hall–Kier alpha value is -2.04. The van der Waals surface area contributed by atoms with Crippen LogP contribution in [0.1, 0.15) is 25.2 Å². The summed E-state index contributed by atoms with van der Waals surface area (Å²) in [4.78, 5) is 17.9. The fourth-order valence-electron chi connectivity index (χ4n) is 2.25. The van der Waals surface area contributed by atoms with Crippen LogP contribution in [0.5, 0.6) is 0 Å². The highest BCUT2D eigenvalue weighted by atomic mass is 16.3. The third-order valence-electron chi connectivity index (χ3n) is 3.20. The van der Waals surface area contributed by atoms with Gasteiger partial charge in [-0.25, -0.2) is 4.98 Å². The summed E-state index contributed by atoms with van der Waals surface area (Å²) in [5.74, 6) is 0.758. The molecule has 2 aromatic rings. The Kier molecular flexibility index (Phi) is 2.66. The molecule has 1 saturated heterocycles. The molecule has 0 aliphatic carbocycles. The minimum absolute atomic E-state index is 0.183. The van der Waals surface area contributed by atoms with Gasteiger partial charge in [-0.15, -0.1) is 0 Å². The molecule has 3 rings (SSSR count). The van der Waals surface area contributed by atoms with E-state index >= 15 is 0 Å². The molecule has 5 nitrogen and oxygen atoms in total. The number of hydrogen-bond donors (Lipinski definition) is 1. The number of carbonyl (C=O) groups is 1. The zero-order valence-electron chi connectivity index (χ0n) is 10.1. The monoisotopic (exact) mass is 245 g/mol. The first-order valence-corrected chi connectivity index (χ1v) is 6.15. The molecule has 18 heavy (non-hydrogen) atoms. The first kappa shape index (κ1) is 11.1. The van der Waals surface area contributed by atoms with Gasteiger partial charge >= 0.3 is 0 Å². The smallest absolute Gasteiger partial charge is 0.223 e. The lowest BCUT2D eigenvalue weighted by Gasteiger charge is -2.25. The van der Waals surface area contributed by atoms with E-state index in [0.29, 0.717) is 30.1 Å². The topological polar surface area (TPSA) is 72.4 Å². The Morgan fingerprint density at radius 3 is 3.11 bits per heavy atom. The maximum absolute atomic E-state index is 11.7. The SMILES string of the molecule is Nc1ccc2nc(CN3CCCCC3=O)oc2c1. The number of benzene rings is 1. The number of fused-ring (bicyclic) bond motifs is 1. The Morgan fingerprint density at radius 1 is 1.39 bits per heavy atom. The lowest BCUT2D eigenvalue weighted by molar-refractivity contribution is -0.134. The summed E-state index contributed by atoms with van der Waals surface area (Å²) in [6.07, 6.45) is 2.67. The van der Waals surface area contributed by atoms with Gasteiger partial charge in [-0.1, -0.05) is 0 Å². The van der Waals surface area contributed by atoms with E-state index in [1.54, 1.807) is 17.0 Å². The van der Waals surface area contributed by atoms with E-state index in [2.05, 4.69) is 4.98 Å². The molecular weight excluding hydrogens is 230 g/mol. The minimum Gasteiger partial charge on any atom is -0.439 e. The second kappa shape index (κ2) is 4.33. The summed E-state index contributed by atoms with van der Waals surface area (Å²) in [6, 6.07) is 5.38.